The molecule has 2 N–H and O–H groups in total. The average molecular weight is 419 g/mol. The van der Waals surface area contributed by atoms with Crippen molar-refractivity contribution >= 4 is 5.97 Å². The minimum absolute atomic E-state index is 0.0149. The number of rotatable bonds is 12. The van der Waals surface area contributed by atoms with E-state index in [9.17, 15) is 9.90 Å². The van der Waals surface area contributed by atoms with Gasteiger partial charge in [0.05, 0.1) is 12.2 Å². The highest BCUT2D eigenvalue weighted by Crippen LogP contribution is 2.36. The second kappa shape index (κ2) is 14.4. The molecule has 30 heavy (non-hydrogen) atoms. The molecule has 1 saturated heterocycles. The van der Waals surface area contributed by atoms with E-state index in [2.05, 4.69) is 30.1 Å². The summed E-state index contributed by atoms with van der Waals surface area (Å²) in [6, 6.07) is 0. The maximum Gasteiger partial charge on any atom is 0.303 e. The van der Waals surface area contributed by atoms with Crippen molar-refractivity contribution in [1.29, 1.82) is 0 Å². The molecule has 1 heterocycles. The molecule has 168 valence electrons. The number of aliphatic carboxylic acids is 1. The number of carbonyl (C=O) groups is 1. The van der Waals surface area contributed by atoms with E-state index in [4.69, 9.17) is 14.6 Å². The van der Waals surface area contributed by atoms with Crippen LogP contribution >= 0.6 is 0 Å². The standard InChI is InChI=1S/C25H38O5/c1-2-3-6-11-21(30-25-14-9-10-19-29-25)17-15-20-16-18-23(26)22(20)12-7-4-5-8-13-24(27)28/h4,7,15,17,20-23,25-26H,5-6,8-14,16,18-19H2,1H3,(H,27,28)/b7-4-,17-15+/t20-,21-,22+,23-,25?/m0/s1. The number of ether oxygens (including phenoxy) is 2. The first-order valence-corrected chi connectivity index (χ1v) is 11.5. The summed E-state index contributed by atoms with van der Waals surface area (Å²) in [4.78, 5) is 10.6. The van der Waals surface area contributed by atoms with E-state index in [-0.39, 0.29) is 30.8 Å². The number of hydrogen-bond acceptors (Lipinski definition) is 4. The van der Waals surface area contributed by atoms with E-state index < -0.39 is 5.97 Å². The van der Waals surface area contributed by atoms with Gasteiger partial charge in [0.2, 0.25) is 0 Å². The van der Waals surface area contributed by atoms with Crippen molar-refractivity contribution in [3.05, 3.63) is 24.3 Å². The van der Waals surface area contributed by atoms with Crippen LogP contribution in [0.25, 0.3) is 0 Å². The molecule has 5 heteroatoms. The number of carboxylic acid groups (broad SMARTS) is 1. The zero-order chi connectivity index (χ0) is 21.6. The SMILES string of the molecule is CC#CCC[C@@H](/C=C/[C@H]1CC[C@H](O)[C@@H]1C/C=C\CCCC(=O)O)OC1CCCCO1. The molecule has 0 bridgehead atoms. The summed E-state index contributed by atoms with van der Waals surface area (Å²) >= 11 is 0. The molecule has 5 nitrogen and oxygen atoms in total. The quantitative estimate of drug-likeness (QED) is 0.269. The lowest BCUT2D eigenvalue weighted by Crippen LogP contribution is -2.27. The number of allylic oxidation sites excluding steroid dienone is 3. The van der Waals surface area contributed by atoms with Crippen LogP contribution < -0.4 is 0 Å². The molecular weight excluding hydrogens is 380 g/mol. The first kappa shape index (κ1) is 24.7. The molecule has 1 unspecified atom stereocenters. The van der Waals surface area contributed by atoms with Crippen molar-refractivity contribution in [1.82, 2.24) is 0 Å². The van der Waals surface area contributed by atoms with Crippen LogP contribution in [0.4, 0.5) is 0 Å². The molecule has 0 spiro atoms. The van der Waals surface area contributed by atoms with Crippen LogP contribution in [0.15, 0.2) is 24.3 Å². The molecular formula is C25H38O5. The summed E-state index contributed by atoms with van der Waals surface area (Å²) < 4.78 is 12.0. The van der Waals surface area contributed by atoms with Crippen LogP contribution in [0, 0.1) is 23.7 Å². The fourth-order valence-corrected chi connectivity index (χ4v) is 4.22. The number of unbranched alkanes of at least 4 members (excludes halogenated alkanes) is 1. The van der Waals surface area contributed by atoms with Crippen molar-refractivity contribution in [3.8, 4) is 11.8 Å². The third kappa shape index (κ3) is 9.47. The zero-order valence-corrected chi connectivity index (χ0v) is 18.3. The molecule has 5 atom stereocenters. The fraction of sp³-hybridized carbons (Fsp3) is 0.720. The second-order valence-corrected chi connectivity index (χ2v) is 8.29. The Bertz CT molecular complexity index is 609. The van der Waals surface area contributed by atoms with Crippen LogP contribution in [0.2, 0.25) is 0 Å². The third-order valence-electron chi connectivity index (χ3n) is 5.94. The van der Waals surface area contributed by atoms with Gasteiger partial charge >= 0.3 is 5.97 Å². The Labute approximate surface area is 181 Å². The van der Waals surface area contributed by atoms with Gasteiger partial charge in [-0.25, -0.2) is 0 Å². The minimum Gasteiger partial charge on any atom is -0.481 e. The Morgan fingerprint density at radius 2 is 2.13 bits per heavy atom. The molecule has 0 radical (unpaired) electrons. The van der Waals surface area contributed by atoms with Gasteiger partial charge < -0.3 is 19.7 Å². The van der Waals surface area contributed by atoms with E-state index in [0.29, 0.717) is 12.3 Å². The number of aliphatic hydroxyl groups excluding tert-OH is 1. The van der Waals surface area contributed by atoms with E-state index >= 15 is 0 Å². The summed E-state index contributed by atoms with van der Waals surface area (Å²) in [6.07, 6.45) is 17.2. The Kier molecular flexibility index (Phi) is 11.8. The number of carboxylic acids is 1. The topological polar surface area (TPSA) is 76.0 Å². The summed E-state index contributed by atoms with van der Waals surface area (Å²) in [6.45, 7) is 2.63. The molecule has 0 amide bonds. The van der Waals surface area contributed by atoms with Gasteiger partial charge in [0.1, 0.15) is 0 Å². The lowest BCUT2D eigenvalue weighted by atomic mass is 9.90. The van der Waals surface area contributed by atoms with Crippen LogP contribution in [0.3, 0.4) is 0 Å². The average Bonchev–Trinajstić information content (AvgIpc) is 3.09. The highest BCUT2D eigenvalue weighted by molar-refractivity contribution is 5.66. The number of hydrogen-bond donors (Lipinski definition) is 2. The number of aliphatic hydroxyl groups is 1. The van der Waals surface area contributed by atoms with Gasteiger partial charge in [-0.2, -0.15) is 0 Å². The van der Waals surface area contributed by atoms with Gasteiger partial charge in [-0.15, -0.1) is 11.8 Å². The maximum absolute atomic E-state index is 10.6. The van der Waals surface area contributed by atoms with Gasteiger partial charge in [-0.05, 0) is 76.5 Å². The summed E-state index contributed by atoms with van der Waals surface area (Å²) in [7, 11) is 0. The Morgan fingerprint density at radius 1 is 1.27 bits per heavy atom. The molecule has 2 aliphatic rings. The van der Waals surface area contributed by atoms with Gasteiger partial charge in [-0.1, -0.05) is 24.3 Å². The summed E-state index contributed by atoms with van der Waals surface area (Å²) in [5.74, 6) is 5.86. The highest BCUT2D eigenvalue weighted by atomic mass is 16.7. The van der Waals surface area contributed by atoms with Gasteiger partial charge in [0.25, 0.3) is 0 Å². The summed E-state index contributed by atoms with van der Waals surface area (Å²) in [5.41, 5.74) is 0. The zero-order valence-electron chi connectivity index (χ0n) is 18.3. The largest absolute Gasteiger partial charge is 0.481 e. The molecule has 0 aromatic rings. The van der Waals surface area contributed by atoms with Crippen LogP contribution in [-0.2, 0) is 14.3 Å². The van der Waals surface area contributed by atoms with E-state index in [1.807, 2.05) is 13.0 Å². The lowest BCUT2D eigenvalue weighted by molar-refractivity contribution is -0.179. The molecule has 0 aromatic heterocycles. The smallest absolute Gasteiger partial charge is 0.303 e. The van der Waals surface area contributed by atoms with E-state index in [0.717, 1.165) is 64.4 Å². The van der Waals surface area contributed by atoms with Gasteiger partial charge in [0, 0.05) is 19.4 Å². The maximum atomic E-state index is 10.6. The summed E-state index contributed by atoms with van der Waals surface area (Å²) in [5, 5.41) is 19.1. The van der Waals surface area contributed by atoms with Crippen LogP contribution in [0.1, 0.15) is 77.6 Å². The first-order chi connectivity index (χ1) is 14.6. The van der Waals surface area contributed by atoms with Crippen molar-refractivity contribution in [3.63, 3.8) is 0 Å². The van der Waals surface area contributed by atoms with Gasteiger partial charge in [0.15, 0.2) is 6.29 Å². The highest BCUT2D eigenvalue weighted by Gasteiger charge is 2.32. The first-order valence-electron chi connectivity index (χ1n) is 11.5. The fourth-order valence-electron chi connectivity index (χ4n) is 4.22. The molecule has 1 aliphatic carbocycles. The van der Waals surface area contributed by atoms with Crippen molar-refractivity contribution in [2.75, 3.05) is 6.61 Å². The molecule has 2 rings (SSSR count). The van der Waals surface area contributed by atoms with Crippen molar-refractivity contribution < 1.29 is 24.5 Å². The monoisotopic (exact) mass is 418 g/mol. The van der Waals surface area contributed by atoms with Crippen molar-refractivity contribution in [2.45, 2.75) is 96.1 Å². The Morgan fingerprint density at radius 3 is 2.87 bits per heavy atom. The second-order valence-electron chi connectivity index (χ2n) is 8.29. The van der Waals surface area contributed by atoms with Crippen LogP contribution in [0.5, 0.6) is 0 Å². The molecule has 1 aliphatic heterocycles. The molecule has 2 fully saturated rings. The molecule has 1 saturated carbocycles. The lowest BCUT2D eigenvalue weighted by Gasteiger charge is -2.26. The van der Waals surface area contributed by atoms with Crippen molar-refractivity contribution in [2.24, 2.45) is 11.8 Å². The minimum atomic E-state index is -0.750. The van der Waals surface area contributed by atoms with E-state index in [1.165, 1.54) is 0 Å². The predicted molar refractivity (Wildman–Crippen MR) is 118 cm³/mol. The Balaban J connectivity index is 1.87. The predicted octanol–water partition coefficient (Wildman–Crippen LogP) is 4.85. The molecule has 0 aromatic carbocycles. The third-order valence-corrected chi connectivity index (χ3v) is 5.94. The Hall–Kier alpha value is -1.61. The van der Waals surface area contributed by atoms with Crippen LogP contribution in [-0.4, -0.2) is 41.3 Å². The normalized spacial score (nSPS) is 27.9. The van der Waals surface area contributed by atoms with Gasteiger partial charge in [-0.3, -0.25) is 4.79 Å². The van der Waals surface area contributed by atoms with E-state index in [1.54, 1.807) is 0 Å².